The van der Waals surface area contributed by atoms with Gasteiger partial charge in [0.2, 0.25) is 0 Å². The fourth-order valence-corrected chi connectivity index (χ4v) is 4.48. The number of ether oxygens (including phenoxy) is 1. The number of hydrogen-bond acceptors (Lipinski definition) is 6. The third-order valence-corrected chi connectivity index (χ3v) is 5.91. The van der Waals surface area contributed by atoms with Crippen LogP contribution in [0.3, 0.4) is 0 Å². The van der Waals surface area contributed by atoms with Crippen molar-refractivity contribution in [3.63, 3.8) is 0 Å². The maximum Gasteiger partial charge on any atom is 0.311 e. The Bertz CT molecular complexity index is 866. The van der Waals surface area contributed by atoms with E-state index in [9.17, 15) is 18.0 Å². The number of benzene rings is 1. The van der Waals surface area contributed by atoms with Crippen LogP contribution in [0.2, 0.25) is 0 Å². The summed E-state index contributed by atoms with van der Waals surface area (Å²) >= 11 is 0. The van der Waals surface area contributed by atoms with Crippen molar-refractivity contribution in [1.82, 2.24) is 10.2 Å². The molecule has 2 aliphatic rings. The number of sulfonamides is 1. The molecule has 1 saturated heterocycles. The van der Waals surface area contributed by atoms with Crippen molar-refractivity contribution in [3.8, 4) is 0 Å². The first-order valence-corrected chi connectivity index (χ1v) is 10.5. The number of carbonyl (C=O) groups is 2. The summed E-state index contributed by atoms with van der Waals surface area (Å²) in [6.07, 6.45) is 2.15. The third kappa shape index (κ3) is 4.29. The van der Waals surface area contributed by atoms with Crippen molar-refractivity contribution in [2.45, 2.75) is 31.1 Å². The number of nitrogens with zero attached hydrogens (tertiary/aromatic N) is 2. The van der Waals surface area contributed by atoms with Crippen LogP contribution in [0.15, 0.2) is 33.6 Å². The molecule has 3 rings (SSSR count). The lowest BCUT2D eigenvalue weighted by Crippen LogP contribution is -2.43. The summed E-state index contributed by atoms with van der Waals surface area (Å²) in [6.45, 7) is 3.11. The molecular formula is C18H23N3O5S. The topological polar surface area (TPSA) is 105 Å². The molecule has 27 heavy (non-hydrogen) atoms. The molecular weight excluding hydrogens is 370 g/mol. The number of rotatable bonds is 5. The van der Waals surface area contributed by atoms with Crippen LogP contribution in [0.5, 0.6) is 0 Å². The lowest BCUT2D eigenvalue weighted by Gasteiger charge is -2.32. The number of likely N-dealkylation sites (tertiary alicyclic amines) is 1. The largest absolute Gasteiger partial charge is 0.455 e. The molecule has 0 aliphatic carbocycles. The fourth-order valence-electron chi connectivity index (χ4n) is 3.25. The van der Waals surface area contributed by atoms with Crippen LogP contribution in [0, 0.1) is 5.92 Å². The number of fused-ring (bicyclic) bond motifs is 1. The minimum atomic E-state index is -3.69. The zero-order chi connectivity index (χ0) is 19.4. The fraction of sp³-hybridized carbons (Fsp3) is 0.500. The quantitative estimate of drug-likeness (QED) is 0.746. The van der Waals surface area contributed by atoms with Gasteiger partial charge in [-0.3, -0.25) is 9.59 Å². The van der Waals surface area contributed by atoms with E-state index in [0.717, 1.165) is 6.42 Å². The van der Waals surface area contributed by atoms with Gasteiger partial charge < -0.3 is 15.0 Å². The summed E-state index contributed by atoms with van der Waals surface area (Å²) < 4.78 is 33.5. The summed E-state index contributed by atoms with van der Waals surface area (Å²) in [5.41, 5.74) is 0.561. The Morgan fingerprint density at radius 2 is 2.11 bits per heavy atom. The normalized spacial score (nSPS) is 20.6. The van der Waals surface area contributed by atoms with E-state index < -0.39 is 21.9 Å². The van der Waals surface area contributed by atoms with Crippen molar-refractivity contribution in [1.29, 1.82) is 0 Å². The molecule has 0 radical (unpaired) electrons. The van der Waals surface area contributed by atoms with E-state index in [2.05, 4.69) is 9.71 Å². The number of esters is 1. The summed E-state index contributed by atoms with van der Waals surface area (Å²) in [5.74, 6) is -0.807. The van der Waals surface area contributed by atoms with Crippen molar-refractivity contribution < 1.29 is 22.7 Å². The lowest BCUT2D eigenvalue weighted by molar-refractivity contribution is -0.153. The Morgan fingerprint density at radius 3 is 2.89 bits per heavy atom. The number of carbonyl (C=O) groups excluding carboxylic acids is 2. The van der Waals surface area contributed by atoms with Gasteiger partial charge >= 0.3 is 5.97 Å². The molecule has 1 fully saturated rings. The predicted octanol–water partition coefficient (Wildman–Crippen LogP) is 0.917. The summed E-state index contributed by atoms with van der Waals surface area (Å²) in [6, 6.07) is 6.68. The van der Waals surface area contributed by atoms with Gasteiger partial charge in [-0.2, -0.15) is 8.42 Å². The van der Waals surface area contributed by atoms with Gasteiger partial charge in [0.05, 0.1) is 5.92 Å². The van der Waals surface area contributed by atoms with Crippen molar-refractivity contribution in [2.24, 2.45) is 10.3 Å². The molecule has 2 heterocycles. The van der Waals surface area contributed by atoms with Crippen LogP contribution >= 0.6 is 0 Å². The Labute approximate surface area is 158 Å². The molecule has 0 aromatic heterocycles. The van der Waals surface area contributed by atoms with Gasteiger partial charge in [0.15, 0.2) is 12.4 Å². The van der Waals surface area contributed by atoms with E-state index in [0.29, 0.717) is 43.9 Å². The average Bonchev–Trinajstić information content (AvgIpc) is 2.96. The van der Waals surface area contributed by atoms with Crippen LogP contribution in [-0.2, 0) is 24.3 Å². The van der Waals surface area contributed by atoms with Crippen molar-refractivity contribution in [3.05, 3.63) is 29.8 Å². The molecule has 1 atom stereocenters. The van der Waals surface area contributed by atoms with E-state index in [4.69, 9.17) is 4.74 Å². The number of amides is 1. The highest BCUT2D eigenvalue weighted by Gasteiger charge is 2.35. The number of piperidine rings is 1. The third-order valence-electron chi connectivity index (χ3n) is 4.58. The van der Waals surface area contributed by atoms with Crippen LogP contribution in [0.25, 0.3) is 0 Å². The predicted molar refractivity (Wildman–Crippen MR) is 98.7 cm³/mol. The first-order chi connectivity index (χ1) is 12.9. The molecule has 1 aromatic rings. The molecule has 0 saturated carbocycles. The minimum absolute atomic E-state index is 0.192. The first-order valence-electron chi connectivity index (χ1n) is 9.05. The van der Waals surface area contributed by atoms with Gasteiger partial charge in [0.1, 0.15) is 4.90 Å². The van der Waals surface area contributed by atoms with Gasteiger partial charge in [-0.15, -0.1) is 4.40 Å². The van der Waals surface area contributed by atoms with Crippen LogP contribution in [-0.4, -0.2) is 57.3 Å². The number of amidine groups is 1. The van der Waals surface area contributed by atoms with Crippen molar-refractivity contribution >= 4 is 27.7 Å². The second-order valence-electron chi connectivity index (χ2n) is 6.63. The lowest BCUT2D eigenvalue weighted by atomic mass is 9.97. The maximum atomic E-state index is 12.3. The van der Waals surface area contributed by atoms with Gasteiger partial charge in [-0.05, 0) is 31.4 Å². The molecule has 1 aromatic carbocycles. The van der Waals surface area contributed by atoms with Crippen LogP contribution in [0.4, 0.5) is 0 Å². The Kier molecular flexibility index (Phi) is 5.79. The highest BCUT2D eigenvalue weighted by molar-refractivity contribution is 7.90. The van der Waals surface area contributed by atoms with Crippen LogP contribution in [0.1, 0.15) is 31.7 Å². The van der Waals surface area contributed by atoms with Gasteiger partial charge in [-0.1, -0.05) is 19.1 Å². The summed E-state index contributed by atoms with van der Waals surface area (Å²) in [5, 5.41) is 2.65. The van der Waals surface area contributed by atoms with E-state index in [1.807, 2.05) is 11.8 Å². The van der Waals surface area contributed by atoms with E-state index in [-0.39, 0.29) is 17.4 Å². The highest BCUT2D eigenvalue weighted by atomic mass is 32.2. The Balaban J connectivity index is 1.65. The monoisotopic (exact) mass is 393 g/mol. The smallest absolute Gasteiger partial charge is 0.311 e. The molecule has 146 valence electrons. The van der Waals surface area contributed by atoms with Gasteiger partial charge in [0.25, 0.3) is 15.9 Å². The zero-order valence-corrected chi connectivity index (χ0v) is 16.0. The van der Waals surface area contributed by atoms with Gasteiger partial charge in [-0.25, -0.2) is 0 Å². The molecule has 8 nitrogen and oxygen atoms in total. The average molecular weight is 393 g/mol. The second-order valence-corrected chi connectivity index (χ2v) is 8.20. The van der Waals surface area contributed by atoms with E-state index in [1.165, 1.54) is 6.07 Å². The molecule has 1 N–H and O–H groups in total. The Morgan fingerprint density at radius 1 is 1.33 bits per heavy atom. The zero-order valence-electron chi connectivity index (χ0n) is 15.2. The van der Waals surface area contributed by atoms with E-state index in [1.54, 1.807) is 18.2 Å². The van der Waals surface area contributed by atoms with Gasteiger partial charge in [0, 0.05) is 25.2 Å². The molecule has 0 unspecified atom stereocenters. The minimum Gasteiger partial charge on any atom is -0.455 e. The van der Waals surface area contributed by atoms with Crippen molar-refractivity contribution in [2.75, 3.05) is 26.2 Å². The molecule has 0 spiro atoms. The SMILES string of the molecule is CCCNC(=O)COC(=O)[C@@H]1CCCN(C2=NS(=O)(=O)c3ccccc32)C1. The molecule has 2 aliphatic heterocycles. The van der Waals surface area contributed by atoms with Crippen LogP contribution < -0.4 is 5.32 Å². The number of hydrogen-bond donors (Lipinski definition) is 1. The molecule has 9 heteroatoms. The van der Waals surface area contributed by atoms with E-state index >= 15 is 0 Å². The molecule has 0 bridgehead atoms. The highest BCUT2D eigenvalue weighted by Crippen LogP contribution is 2.29. The Hall–Kier alpha value is -2.42. The number of nitrogens with one attached hydrogen (secondary N) is 1. The first kappa shape index (κ1) is 19.3. The summed E-state index contributed by atoms with van der Waals surface area (Å²) in [4.78, 5) is 25.9. The standard InChI is InChI=1S/C18H23N3O5S/c1-2-9-19-16(22)12-26-18(23)13-6-5-10-21(11-13)17-14-7-3-4-8-15(14)27(24,25)20-17/h3-4,7-8,13H,2,5-6,9-12H2,1H3,(H,19,22)/t13-/m1/s1. The summed E-state index contributed by atoms with van der Waals surface area (Å²) in [7, 11) is -3.69. The molecule has 1 amide bonds. The second kappa shape index (κ2) is 8.08. The maximum absolute atomic E-state index is 12.3.